The Balaban J connectivity index is 2.90. The van der Waals surface area contributed by atoms with Gasteiger partial charge in [-0.25, -0.2) is 0 Å². The summed E-state index contributed by atoms with van der Waals surface area (Å²) in [4.78, 5) is 10.8. The van der Waals surface area contributed by atoms with Gasteiger partial charge >= 0.3 is 0 Å². The van der Waals surface area contributed by atoms with Gasteiger partial charge in [0.05, 0.1) is 6.54 Å². The van der Waals surface area contributed by atoms with E-state index in [1.807, 2.05) is 26.0 Å². The Morgan fingerprint density at radius 3 is 2.29 bits per heavy atom. The lowest BCUT2D eigenvalue weighted by Crippen LogP contribution is -2.12. The van der Waals surface area contributed by atoms with Crippen LogP contribution in [0.5, 0.6) is 0 Å². The van der Waals surface area contributed by atoms with E-state index < -0.39 is 0 Å². The number of primary amides is 1. The smallest absolute Gasteiger partial charge is 0.217 e. The quantitative estimate of drug-likeness (QED) is 0.798. The van der Waals surface area contributed by atoms with Gasteiger partial charge in [0.1, 0.15) is 0 Å². The second-order valence-corrected chi connectivity index (χ2v) is 4.44. The van der Waals surface area contributed by atoms with Crippen molar-refractivity contribution in [3.8, 4) is 0 Å². The van der Waals surface area contributed by atoms with Crippen LogP contribution in [0.1, 0.15) is 28.7 Å². The van der Waals surface area contributed by atoms with E-state index in [0.29, 0.717) is 18.0 Å². The third-order valence-electron chi connectivity index (χ3n) is 2.78. The Bertz CT molecular complexity index is 393. The highest BCUT2D eigenvalue weighted by atomic mass is 19.2. The monoisotopic (exact) mass is 238 g/mol. The fourth-order valence-electron chi connectivity index (χ4n) is 2.07. The number of rotatable bonds is 5. The number of carbonyl (C=O) groups excluding carboxylic acids is 1. The maximum atomic E-state index is 12.8. The topological polar surface area (TPSA) is 46.3 Å². The lowest BCUT2D eigenvalue weighted by Gasteiger charge is -2.13. The maximum absolute atomic E-state index is 12.8. The minimum Gasteiger partial charge on any atom is -0.370 e. The molecule has 0 atom stereocenters. The van der Waals surface area contributed by atoms with Crippen molar-refractivity contribution in [1.29, 1.82) is 0 Å². The molecule has 3 nitrogen and oxygen atoms in total. The Morgan fingerprint density at radius 1 is 1.35 bits per heavy atom. The second-order valence-electron chi connectivity index (χ2n) is 4.44. The van der Waals surface area contributed by atoms with Crippen molar-refractivity contribution < 1.29 is 9.28 Å². The van der Waals surface area contributed by atoms with Gasteiger partial charge in [-0.2, -0.15) is 0 Å². The summed E-state index contributed by atoms with van der Waals surface area (Å²) < 4.78 is 12.8. The number of hydrogen-bond donors (Lipinski definition) is 1. The van der Waals surface area contributed by atoms with Crippen molar-refractivity contribution in [1.82, 2.24) is 5.12 Å². The van der Waals surface area contributed by atoms with Crippen LogP contribution < -0.4 is 5.73 Å². The molecule has 17 heavy (non-hydrogen) atoms. The minimum absolute atomic E-state index is 0.276. The number of hydrogen-bond acceptors (Lipinski definition) is 2. The molecule has 94 valence electrons. The number of carbonyl (C=O) groups is 1. The summed E-state index contributed by atoms with van der Waals surface area (Å²) in [5.41, 5.74) is 9.38. The van der Waals surface area contributed by atoms with Crippen LogP contribution >= 0.6 is 0 Å². The molecule has 0 aliphatic carbocycles. The summed E-state index contributed by atoms with van der Waals surface area (Å²) in [7, 11) is 1.39. The summed E-state index contributed by atoms with van der Waals surface area (Å²) >= 11 is 0. The summed E-state index contributed by atoms with van der Waals surface area (Å²) in [5, 5.41) is 0.650. The Hall–Kier alpha value is -1.42. The number of benzene rings is 1. The van der Waals surface area contributed by atoms with E-state index >= 15 is 0 Å². The molecule has 0 radical (unpaired) electrons. The zero-order chi connectivity index (χ0) is 13.0. The number of halogens is 1. The molecule has 1 aromatic rings. The molecule has 0 spiro atoms. The fraction of sp³-hybridized carbons (Fsp3) is 0.462. The summed E-state index contributed by atoms with van der Waals surface area (Å²) in [5.74, 6) is -0.295. The number of amides is 1. The predicted molar refractivity (Wildman–Crippen MR) is 66.0 cm³/mol. The van der Waals surface area contributed by atoms with E-state index in [4.69, 9.17) is 5.73 Å². The maximum Gasteiger partial charge on any atom is 0.217 e. The lowest BCUT2D eigenvalue weighted by molar-refractivity contribution is -0.117. The second kappa shape index (κ2) is 5.77. The summed E-state index contributed by atoms with van der Waals surface area (Å²) in [6, 6.07) is 3.92. The first-order chi connectivity index (χ1) is 7.90. The van der Waals surface area contributed by atoms with E-state index in [1.54, 1.807) is 0 Å². The van der Waals surface area contributed by atoms with Gasteiger partial charge < -0.3 is 5.73 Å². The third-order valence-corrected chi connectivity index (χ3v) is 2.78. The van der Waals surface area contributed by atoms with E-state index in [0.717, 1.165) is 22.3 Å². The molecular formula is C13H19FN2O. The molecule has 0 aliphatic rings. The zero-order valence-electron chi connectivity index (χ0n) is 10.6. The number of nitrogens with zero attached hydrogens (tertiary/aromatic N) is 1. The van der Waals surface area contributed by atoms with Gasteiger partial charge in [-0.1, -0.05) is 12.1 Å². The molecule has 1 rings (SSSR count). The number of nitrogens with two attached hydrogens (primary N) is 1. The molecule has 0 saturated heterocycles. The van der Waals surface area contributed by atoms with Crippen LogP contribution in [0.25, 0.3) is 0 Å². The van der Waals surface area contributed by atoms with Crippen LogP contribution in [-0.4, -0.2) is 18.1 Å². The largest absolute Gasteiger partial charge is 0.370 e. The Morgan fingerprint density at radius 2 is 1.88 bits per heavy atom. The molecule has 0 aliphatic heterocycles. The minimum atomic E-state index is -0.295. The molecule has 1 aromatic carbocycles. The van der Waals surface area contributed by atoms with Crippen molar-refractivity contribution in [2.24, 2.45) is 5.73 Å². The lowest BCUT2D eigenvalue weighted by atomic mass is 9.95. The number of aryl methyl sites for hydroxylation is 2. The first kappa shape index (κ1) is 13.6. The van der Waals surface area contributed by atoms with E-state index in [2.05, 4.69) is 0 Å². The van der Waals surface area contributed by atoms with Gasteiger partial charge in [0.2, 0.25) is 5.91 Å². The molecular weight excluding hydrogens is 219 g/mol. The van der Waals surface area contributed by atoms with Crippen molar-refractivity contribution in [3.05, 3.63) is 34.4 Å². The average molecular weight is 238 g/mol. The van der Waals surface area contributed by atoms with Gasteiger partial charge in [-0.3, -0.25) is 4.79 Å². The molecule has 0 unspecified atom stereocenters. The standard InChI is InChI=1S/C13H19FN2O/c1-9-6-11(8-16(3)14)7-10(2)12(9)4-5-13(15)17/h6-7H,4-5,8H2,1-3H3,(H2,15,17). The van der Waals surface area contributed by atoms with Crippen molar-refractivity contribution in [2.45, 2.75) is 33.2 Å². The van der Waals surface area contributed by atoms with Crippen molar-refractivity contribution in [2.75, 3.05) is 7.05 Å². The molecule has 0 bridgehead atoms. The van der Waals surface area contributed by atoms with Crippen LogP contribution in [-0.2, 0) is 17.8 Å². The molecule has 2 N–H and O–H groups in total. The Kier molecular flexibility index (Phi) is 4.63. The van der Waals surface area contributed by atoms with Gasteiger partial charge in [-0.05, 0) is 42.5 Å². The van der Waals surface area contributed by atoms with Crippen LogP contribution in [0.2, 0.25) is 0 Å². The molecule has 1 amide bonds. The van der Waals surface area contributed by atoms with Gasteiger partial charge in [0.25, 0.3) is 0 Å². The highest BCUT2D eigenvalue weighted by molar-refractivity contribution is 5.74. The van der Waals surface area contributed by atoms with Crippen LogP contribution in [0.4, 0.5) is 4.48 Å². The normalized spacial score (nSPS) is 10.9. The van der Waals surface area contributed by atoms with Gasteiger partial charge in [-0.15, -0.1) is 9.60 Å². The molecule has 0 fully saturated rings. The van der Waals surface area contributed by atoms with Gasteiger partial charge in [0, 0.05) is 13.5 Å². The predicted octanol–water partition coefficient (Wildman–Crippen LogP) is 2.04. The third kappa shape index (κ3) is 4.15. The van der Waals surface area contributed by atoms with E-state index in [1.165, 1.54) is 7.05 Å². The first-order valence-electron chi connectivity index (χ1n) is 5.64. The summed E-state index contributed by atoms with van der Waals surface area (Å²) in [6.45, 7) is 4.23. The van der Waals surface area contributed by atoms with E-state index in [9.17, 15) is 9.28 Å². The van der Waals surface area contributed by atoms with Crippen molar-refractivity contribution >= 4 is 5.91 Å². The van der Waals surface area contributed by atoms with Crippen LogP contribution in [0.15, 0.2) is 12.1 Å². The van der Waals surface area contributed by atoms with Gasteiger partial charge in [0.15, 0.2) is 0 Å². The molecule has 0 saturated carbocycles. The SMILES string of the molecule is Cc1cc(CN(C)F)cc(C)c1CCC(N)=O. The van der Waals surface area contributed by atoms with Crippen molar-refractivity contribution in [3.63, 3.8) is 0 Å². The highest BCUT2D eigenvalue weighted by Crippen LogP contribution is 2.19. The fourth-order valence-corrected chi connectivity index (χ4v) is 2.07. The average Bonchev–Trinajstić information content (AvgIpc) is 2.14. The summed E-state index contributed by atoms with van der Waals surface area (Å²) in [6.07, 6.45) is 1.00. The molecule has 4 heteroatoms. The van der Waals surface area contributed by atoms with Crippen LogP contribution in [0.3, 0.4) is 0 Å². The highest BCUT2D eigenvalue weighted by Gasteiger charge is 2.08. The Labute approximate surface area is 101 Å². The zero-order valence-corrected chi connectivity index (χ0v) is 10.6. The first-order valence-corrected chi connectivity index (χ1v) is 5.64. The molecule has 0 heterocycles. The molecule has 0 aromatic heterocycles. The van der Waals surface area contributed by atoms with Crippen LogP contribution in [0, 0.1) is 13.8 Å². The van der Waals surface area contributed by atoms with E-state index in [-0.39, 0.29) is 12.5 Å².